The van der Waals surface area contributed by atoms with Crippen LogP contribution in [0.2, 0.25) is 0 Å². The van der Waals surface area contributed by atoms with E-state index in [4.69, 9.17) is 0 Å². The molecule has 180 valence electrons. The third-order valence-corrected chi connectivity index (χ3v) is 6.66. The standard InChI is InChI=1S/C25H35N3O4S/c1-7-22(25(30)26-18(2)3)27(16-21-13-9-8-10-14-21)24(29)17-28(33(6,31)32)23-15-11-12-19(4)20(23)5/h8-15,18,22H,7,16-17H2,1-6H3,(H,26,30)/t22-/m0/s1. The highest BCUT2D eigenvalue weighted by atomic mass is 32.2. The zero-order valence-electron chi connectivity index (χ0n) is 20.3. The molecule has 0 radical (unpaired) electrons. The zero-order chi connectivity index (χ0) is 24.8. The summed E-state index contributed by atoms with van der Waals surface area (Å²) in [6, 6.07) is 13.9. The van der Waals surface area contributed by atoms with E-state index in [1.807, 2.05) is 71.0 Å². The van der Waals surface area contributed by atoms with Gasteiger partial charge in [-0.3, -0.25) is 13.9 Å². The van der Waals surface area contributed by atoms with Gasteiger partial charge in [-0.1, -0.05) is 49.4 Å². The highest BCUT2D eigenvalue weighted by Crippen LogP contribution is 2.25. The number of amides is 2. The zero-order valence-corrected chi connectivity index (χ0v) is 21.1. The number of carbonyl (C=O) groups is 2. The topological polar surface area (TPSA) is 86.8 Å². The third-order valence-electron chi connectivity index (χ3n) is 5.54. The van der Waals surface area contributed by atoms with Crippen molar-refractivity contribution in [1.82, 2.24) is 10.2 Å². The van der Waals surface area contributed by atoms with E-state index in [0.29, 0.717) is 12.1 Å². The summed E-state index contributed by atoms with van der Waals surface area (Å²) in [5.41, 5.74) is 3.04. The molecular formula is C25H35N3O4S. The van der Waals surface area contributed by atoms with Gasteiger partial charge < -0.3 is 10.2 Å². The molecule has 2 amide bonds. The Balaban J connectivity index is 2.46. The lowest BCUT2D eigenvalue weighted by Crippen LogP contribution is -2.53. The van der Waals surface area contributed by atoms with Crippen LogP contribution in [0, 0.1) is 13.8 Å². The summed E-state index contributed by atoms with van der Waals surface area (Å²) in [4.78, 5) is 28.0. The molecule has 0 aliphatic heterocycles. The molecule has 0 heterocycles. The molecule has 8 heteroatoms. The Morgan fingerprint density at radius 3 is 2.18 bits per heavy atom. The Labute approximate surface area is 197 Å². The van der Waals surface area contributed by atoms with E-state index in [-0.39, 0.29) is 25.0 Å². The van der Waals surface area contributed by atoms with Gasteiger partial charge in [-0.2, -0.15) is 0 Å². The van der Waals surface area contributed by atoms with Crippen LogP contribution in [0.25, 0.3) is 0 Å². The SMILES string of the molecule is CC[C@@H](C(=O)NC(C)C)N(Cc1ccccc1)C(=O)CN(c1cccc(C)c1C)S(C)(=O)=O. The van der Waals surface area contributed by atoms with E-state index >= 15 is 0 Å². The first kappa shape index (κ1) is 26.4. The van der Waals surface area contributed by atoms with Crippen LogP contribution in [0.4, 0.5) is 5.69 Å². The van der Waals surface area contributed by atoms with Crippen molar-refractivity contribution in [2.24, 2.45) is 0 Å². The van der Waals surface area contributed by atoms with Crippen LogP contribution < -0.4 is 9.62 Å². The predicted molar refractivity (Wildman–Crippen MR) is 132 cm³/mol. The first-order valence-corrected chi connectivity index (χ1v) is 13.0. The van der Waals surface area contributed by atoms with Gasteiger partial charge in [0.05, 0.1) is 11.9 Å². The molecule has 0 spiro atoms. The number of aryl methyl sites for hydroxylation is 1. The van der Waals surface area contributed by atoms with Crippen molar-refractivity contribution in [2.45, 2.75) is 59.7 Å². The summed E-state index contributed by atoms with van der Waals surface area (Å²) in [5.74, 6) is -0.689. The van der Waals surface area contributed by atoms with Crippen LogP contribution in [-0.4, -0.2) is 50.0 Å². The molecule has 0 saturated carbocycles. The lowest BCUT2D eigenvalue weighted by Gasteiger charge is -2.33. The second-order valence-corrected chi connectivity index (χ2v) is 10.5. The van der Waals surface area contributed by atoms with Gasteiger partial charge in [0.2, 0.25) is 21.8 Å². The number of sulfonamides is 1. The van der Waals surface area contributed by atoms with Crippen LogP contribution in [0.1, 0.15) is 43.9 Å². The van der Waals surface area contributed by atoms with Crippen molar-refractivity contribution in [3.8, 4) is 0 Å². The monoisotopic (exact) mass is 473 g/mol. The Bertz CT molecular complexity index is 1070. The molecule has 0 aliphatic carbocycles. The molecule has 0 unspecified atom stereocenters. The van der Waals surface area contributed by atoms with Gasteiger partial charge >= 0.3 is 0 Å². The van der Waals surface area contributed by atoms with Gasteiger partial charge in [0.15, 0.2) is 0 Å². The summed E-state index contributed by atoms with van der Waals surface area (Å²) >= 11 is 0. The summed E-state index contributed by atoms with van der Waals surface area (Å²) in [5, 5.41) is 2.88. The number of carbonyl (C=O) groups excluding carboxylic acids is 2. The van der Waals surface area contributed by atoms with Crippen molar-refractivity contribution in [2.75, 3.05) is 17.1 Å². The second-order valence-electron chi connectivity index (χ2n) is 8.58. The van der Waals surface area contributed by atoms with Crippen molar-refractivity contribution >= 4 is 27.5 Å². The fourth-order valence-corrected chi connectivity index (χ4v) is 4.58. The Morgan fingerprint density at radius 1 is 1.00 bits per heavy atom. The smallest absolute Gasteiger partial charge is 0.244 e. The number of hydrogen-bond acceptors (Lipinski definition) is 4. The maximum Gasteiger partial charge on any atom is 0.244 e. The molecule has 1 atom stereocenters. The van der Waals surface area contributed by atoms with E-state index in [9.17, 15) is 18.0 Å². The lowest BCUT2D eigenvalue weighted by molar-refractivity contribution is -0.140. The Hall–Kier alpha value is -2.87. The van der Waals surface area contributed by atoms with Crippen LogP contribution in [0.3, 0.4) is 0 Å². The highest BCUT2D eigenvalue weighted by Gasteiger charge is 2.32. The molecule has 0 bridgehead atoms. The molecule has 2 rings (SSSR count). The van der Waals surface area contributed by atoms with Crippen LogP contribution in [0.5, 0.6) is 0 Å². The molecule has 0 aliphatic rings. The molecule has 1 N–H and O–H groups in total. The van der Waals surface area contributed by atoms with Crippen molar-refractivity contribution in [3.63, 3.8) is 0 Å². The number of nitrogens with one attached hydrogen (secondary N) is 1. The van der Waals surface area contributed by atoms with E-state index in [0.717, 1.165) is 27.3 Å². The molecular weight excluding hydrogens is 438 g/mol. The fourth-order valence-electron chi connectivity index (χ4n) is 3.68. The molecule has 0 aromatic heterocycles. The van der Waals surface area contributed by atoms with Crippen molar-refractivity contribution in [1.29, 1.82) is 0 Å². The average molecular weight is 474 g/mol. The third kappa shape index (κ3) is 7.05. The molecule has 33 heavy (non-hydrogen) atoms. The van der Waals surface area contributed by atoms with E-state index in [1.165, 1.54) is 4.90 Å². The van der Waals surface area contributed by atoms with Gasteiger partial charge in [-0.05, 0) is 56.9 Å². The number of anilines is 1. The molecule has 7 nitrogen and oxygen atoms in total. The van der Waals surface area contributed by atoms with Gasteiger partial charge in [-0.15, -0.1) is 0 Å². The summed E-state index contributed by atoms with van der Waals surface area (Å²) in [6.07, 6.45) is 1.49. The lowest BCUT2D eigenvalue weighted by atomic mass is 10.1. The number of hydrogen-bond donors (Lipinski definition) is 1. The van der Waals surface area contributed by atoms with Crippen LogP contribution >= 0.6 is 0 Å². The fraction of sp³-hybridized carbons (Fsp3) is 0.440. The van der Waals surface area contributed by atoms with E-state index in [2.05, 4.69) is 5.32 Å². The van der Waals surface area contributed by atoms with Crippen molar-refractivity contribution in [3.05, 3.63) is 65.2 Å². The highest BCUT2D eigenvalue weighted by molar-refractivity contribution is 7.92. The number of nitrogens with zero attached hydrogens (tertiary/aromatic N) is 2. The number of benzene rings is 2. The van der Waals surface area contributed by atoms with Crippen LogP contribution in [0.15, 0.2) is 48.5 Å². The number of rotatable bonds is 10. The first-order valence-electron chi connectivity index (χ1n) is 11.1. The van der Waals surface area contributed by atoms with E-state index < -0.39 is 22.0 Å². The Kier molecular flexibility index (Phi) is 9.05. The Morgan fingerprint density at radius 2 is 1.64 bits per heavy atom. The normalized spacial score (nSPS) is 12.3. The summed E-state index contributed by atoms with van der Waals surface area (Å²) in [6.45, 7) is 9.11. The minimum Gasteiger partial charge on any atom is -0.352 e. The van der Waals surface area contributed by atoms with Gasteiger partial charge in [0.25, 0.3) is 0 Å². The quantitative estimate of drug-likeness (QED) is 0.573. The van der Waals surface area contributed by atoms with Gasteiger partial charge in [0.1, 0.15) is 12.6 Å². The first-order chi connectivity index (χ1) is 15.5. The summed E-state index contributed by atoms with van der Waals surface area (Å²) in [7, 11) is -3.75. The van der Waals surface area contributed by atoms with Gasteiger partial charge in [-0.25, -0.2) is 8.42 Å². The minimum atomic E-state index is -3.75. The second kappa shape index (κ2) is 11.3. The molecule has 2 aromatic carbocycles. The molecule has 0 fully saturated rings. The van der Waals surface area contributed by atoms with Crippen molar-refractivity contribution < 1.29 is 18.0 Å². The largest absolute Gasteiger partial charge is 0.352 e. The molecule has 2 aromatic rings. The maximum absolute atomic E-state index is 13.6. The summed E-state index contributed by atoms with van der Waals surface area (Å²) < 4.78 is 26.5. The van der Waals surface area contributed by atoms with Crippen LogP contribution in [-0.2, 0) is 26.2 Å². The van der Waals surface area contributed by atoms with Gasteiger partial charge in [0, 0.05) is 12.6 Å². The predicted octanol–water partition coefficient (Wildman–Crippen LogP) is 3.40. The maximum atomic E-state index is 13.6. The average Bonchev–Trinajstić information content (AvgIpc) is 2.73. The van der Waals surface area contributed by atoms with E-state index in [1.54, 1.807) is 12.1 Å². The minimum absolute atomic E-state index is 0.0808. The molecule has 0 saturated heterocycles.